The second-order valence-corrected chi connectivity index (χ2v) is 5.62. The molecule has 0 bridgehead atoms. The maximum absolute atomic E-state index is 11.9. The van der Waals surface area contributed by atoms with Gasteiger partial charge in [0.2, 0.25) is 0 Å². The average Bonchev–Trinajstić information content (AvgIpc) is 3.11. The van der Waals surface area contributed by atoms with Gasteiger partial charge in [0.1, 0.15) is 22.3 Å². The lowest BCUT2D eigenvalue weighted by molar-refractivity contribution is 0.0716. The van der Waals surface area contributed by atoms with Gasteiger partial charge in [0.05, 0.1) is 15.8 Å². The molecule has 0 amide bonds. The SMILES string of the molecule is N#C/C(=C1/OC(=O)c2cccnc21)c1nc2ccccc2s1. The van der Waals surface area contributed by atoms with Crippen molar-refractivity contribution in [2.75, 3.05) is 0 Å². The molecule has 6 heteroatoms. The van der Waals surface area contributed by atoms with Crippen molar-refractivity contribution >= 4 is 38.9 Å². The molecule has 0 atom stereocenters. The number of nitriles is 1. The molecule has 3 aromatic rings. The number of allylic oxidation sites excluding steroid dienone is 1. The summed E-state index contributed by atoms with van der Waals surface area (Å²) in [4.78, 5) is 20.5. The summed E-state index contributed by atoms with van der Waals surface area (Å²) < 4.78 is 6.23. The number of hydrogen-bond acceptors (Lipinski definition) is 6. The van der Waals surface area contributed by atoms with Crippen molar-refractivity contribution < 1.29 is 9.53 Å². The van der Waals surface area contributed by atoms with Gasteiger partial charge in [0.15, 0.2) is 5.76 Å². The summed E-state index contributed by atoms with van der Waals surface area (Å²) in [5, 5.41) is 10.0. The molecule has 1 aliphatic heterocycles. The minimum Gasteiger partial charge on any atom is -0.419 e. The van der Waals surface area contributed by atoms with Gasteiger partial charge in [0, 0.05) is 6.20 Å². The molecule has 2 aromatic heterocycles. The van der Waals surface area contributed by atoms with Gasteiger partial charge in [-0.25, -0.2) is 9.78 Å². The molecule has 0 unspecified atom stereocenters. The summed E-state index contributed by atoms with van der Waals surface area (Å²) >= 11 is 1.38. The van der Waals surface area contributed by atoms with Crippen LogP contribution < -0.4 is 0 Å². The van der Waals surface area contributed by atoms with Crippen molar-refractivity contribution in [1.29, 1.82) is 5.26 Å². The number of fused-ring (bicyclic) bond motifs is 2. The van der Waals surface area contributed by atoms with Crippen LogP contribution in [0.5, 0.6) is 0 Å². The highest BCUT2D eigenvalue weighted by Crippen LogP contribution is 2.36. The standard InChI is InChI=1S/C16H7N3O2S/c17-8-10(15-19-11-5-1-2-6-12(11)22-15)14-13-9(16(20)21-14)4-3-7-18-13/h1-7H/b14-10-. The Morgan fingerprint density at radius 1 is 1.23 bits per heavy atom. The molecule has 0 radical (unpaired) electrons. The van der Waals surface area contributed by atoms with Crippen LogP contribution in [-0.2, 0) is 4.74 Å². The van der Waals surface area contributed by atoms with E-state index in [9.17, 15) is 10.1 Å². The molecule has 0 spiro atoms. The van der Waals surface area contributed by atoms with Gasteiger partial charge in [-0.3, -0.25) is 4.98 Å². The molecular weight excluding hydrogens is 298 g/mol. The Hall–Kier alpha value is -3.04. The first-order valence-electron chi connectivity index (χ1n) is 6.46. The smallest absolute Gasteiger partial charge is 0.346 e. The third kappa shape index (κ3) is 1.80. The van der Waals surface area contributed by atoms with E-state index in [1.165, 1.54) is 11.3 Å². The third-order valence-electron chi connectivity index (χ3n) is 3.28. The zero-order chi connectivity index (χ0) is 15.1. The van der Waals surface area contributed by atoms with E-state index in [0.29, 0.717) is 16.3 Å². The number of esters is 1. The van der Waals surface area contributed by atoms with E-state index < -0.39 is 5.97 Å². The summed E-state index contributed by atoms with van der Waals surface area (Å²) in [6, 6.07) is 13.0. The number of cyclic esters (lactones) is 1. The number of nitrogens with zero attached hydrogens (tertiary/aromatic N) is 3. The van der Waals surface area contributed by atoms with Crippen molar-refractivity contribution in [2.24, 2.45) is 0 Å². The molecule has 3 heterocycles. The van der Waals surface area contributed by atoms with E-state index in [4.69, 9.17) is 4.74 Å². The molecule has 104 valence electrons. The van der Waals surface area contributed by atoms with Gasteiger partial charge < -0.3 is 4.74 Å². The Morgan fingerprint density at radius 3 is 2.91 bits per heavy atom. The number of ether oxygens (including phenoxy) is 1. The number of benzene rings is 1. The molecule has 0 N–H and O–H groups in total. The average molecular weight is 305 g/mol. The van der Waals surface area contributed by atoms with E-state index >= 15 is 0 Å². The first-order chi connectivity index (χ1) is 10.8. The highest BCUT2D eigenvalue weighted by atomic mass is 32.1. The topological polar surface area (TPSA) is 75.9 Å². The zero-order valence-electron chi connectivity index (χ0n) is 11.1. The van der Waals surface area contributed by atoms with E-state index in [1.54, 1.807) is 18.3 Å². The lowest BCUT2D eigenvalue weighted by Gasteiger charge is -1.99. The van der Waals surface area contributed by atoms with Crippen molar-refractivity contribution in [3.63, 3.8) is 0 Å². The van der Waals surface area contributed by atoms with Crippen LogP contribution in [0, 0.1) is 11.3 Å². The Labute approximate surface area is 129 Å². The fourth-order valence-electron chi connectivity index (χ4n) is 2.29. The highest BCUT2D eigenvalue weighted by Gasteiger charge is 2.31. The van der Waals surface area contributed by atoms with E-state index in [2.05, 4.69) is 16.0 Å². The van der Waals surface area contributed by atoms with Crippen molar-refractivity contribution in [1.82, 2.24) is 9.97 Å². The minimum atomic E-state index is -0.494. The molecule has 22 heavy (non-hydrogen) atoms. The number of carbonyl (C=O) groups excluding carboxylic acids is 1. The van der Waals surface area contributed by atoms with E-state index in [-0.39, 0.29) is 11.3 Å². The molecule has 0 fully saturated rings. The maximum atomic E-state index is 11.9. The maximum Gasteiger partial charge on any atom is 0.346 e. The van der Waals surface area contributed by atoms with Crippen LogP contribution in [0.1, 0.15) is 21.1 Å². The summed E-state index contributed by atoms with van der Waals surface area (Å²) in [6.45, 7) is 0. The molecule has 0 saturated carbocycles. The highest BCUT2D eigenvalue weighted by molar-refractivity contribution is 7.19. The Balaban J connectivity index is 1.96. The van der Waals surface area contributed by atoms with Crippen LogP contribution in [0.3, 0.4) is 0 Å². The lowest BCUT2D eigenvalue weighted by Crippen LogP contribution is -1.93. The van der Waals surface area contributed by atoms with Crippen LogP contribution in [0.4, 0.5) is 0 Å². The fourth-order valence-corrected chi connectivity index (χ4v) is 3.25. The first-order valence-corrected chi connectivity index (χ1v) is 7.27. The summed E-state index contributed by atoms with van der Waals surface area (Å²) in [5.41, 5.74) is 1.79. The number of pyridine rings is 1. The predicted molar refractivity (Wildman–Crippen MR) is 81.7 cm³/mol. The minimum absolute atomic E-state index is 0.183. The van der Waals surface area contributed by atoms with E-state index in [1.807, 2.05) is 24.3 Å². The molecule has 0 aliphatic carbocycles. The molecule has 1 aliphatic rings. The van der Waals surface area contributed by atoms with Crippen molar-refractivity contribution in [3.8, 4) is 6.07 Å². The normalized spacial score (nSPS) is 15.3. The van der Waals surface area contributed by atoms with Crippen LogP contribution >= 0.6 is 11.3 Å². The molecule has 1 aromatic carbocycles. The van der Waals surface area contributed by atoms with Crippen LogP contribution in [0.15, 0.2) is 42.6 Å². The van der Waals surface area contributed by atoms with Gasteiger partial charge in [-0.05, 0) is 24.3 Å². The monoisotopic (exact) mass is 305 g/mol. The number of carbonyl (C=O) groups is 1. The molecule has 4 rings (SSSR count). The van der Waals surface area contributed by atoms with Crippen LogP contribution in [-0.4, -0.2) is 15.9 Å². The number of para-hydroxylation sites is 1. The second-order valence-electron chi connectivity index (χ2n) is 4.59. The summed E-state index contributed by atoms with van der Waals surface area (Å²) in [5.74, 6) is -0.311. The van der Waals surface area contributed by atoms with Gasteiger partial charge in [-0.1, -0.05) is 12.1 Å². The molecule has 0 saturated heterocycles. The third-order valence-corrected chi connectivity index (χ3v) is 4.34. The second kappa shape index (κ2) is 4.76. The summed E-state index contributed by atoms with van der Waals surface area (Å²) in [6.07, 6.45) is 1.56. The Bertz CT molecular complexity index is 965. The Morgan fingerprint density at radius 2 is 2.09 bits per heavy atom. The van der Waals surface area contributed by atoms with Gasteiger partial charge in [-0.2, -0.15) is 5.26 Å². The first kappa shape index (κ1) is 12.7. The van der Waals surface area contributed by atoms with Crippen molar-refractivity contribution in [2.45, 2.75) is 0 Å². The largest absolute Gasteiger partial charge is 0.419 e. The van der Waals surface area contributed by atoms with Gasteiger partial charge in [-0.15, -0.1) is 11.3 Å². The van der Waals surface area contributed by atoms with Gasteiger partial charge in [0.25, 0.3) is 0 Å². The number of hydrogen-bond donors (Lipinski definition) is 0. The zero-order valence-corrected chi connectivity index (χ0v) is 11.9. The molecular formula is C16H7N3O2S. The molecule has 5 nitrogen and oxygen atoms in total. The van der Waals surface area contributed by atoms with Crippen molar-refractivity contribution in [3.05, 3.63) is 58.9 Å². The number of rotatable bonds is 1. The predicted octanol–water partition coefficient (Wildman–Crippen LogP) is 3.25. The fraction of sp³-hybridized carbons (Fsp3) is 0. The number of aromatic nitrogens is 2. The summed E-state index contributed by atoms with van der Waals surface area (Å²) in [7, 11) is 0. The van der Waals surface area contributed by atoms with Crippen LogP contribution in [0.25, 0.3) is 21.5 Å². The quantitative estimate of drug-likeness (QED) is 0.509. The van der Waals surface area contributed by atoms with E-state index in [0.717, 1.165) is 10.2 Å². The van der Waals surface area contributed by atoms with Crippen LogP contribution in [0.2, 0.25) is 0 Å². The Kier molecular flexibility index (Phi) is 2.74. The lowest BCUT2D eigenvalue weighted by atomic mass is 10.1. The number of thiazole rings is 1. The van der Waals surface area contributed by atoms with Gasteiger partial charge >= 0.3 is 5.97 Å².